The Balaban J connectivity index is 1.94. The minimum Gasteiger partial charge on any atom is -0.595 e. The zero-order valence-corrected chi connectivity index (χ0v) is 11.7. The Morgan fingerprint density at radius 3 is 2.82 bits per heavy atom. The highest BCUT2D eigenvalue weighted by molar-refractivity contribution is 6.14. The SMILES string of the molecule is COc1ccc2c(c1)OC(=Cc1cccc([NH+]([O-])O)c1)C2=O. The number of nitrogens with one attached hydrogen (secondary N) is 1. The van der Waals surface area contributed by atoms with Gasteiger partial charge < -0.3 is 14.7 Å². The summed E-state index contributed by atoms with van der Waals surface area (Å²) in [5.41, 5.74) is 1.20. The molecule has 0 fully saturated rings. The summed E-state index contributed by atoms with van der Waals surface area (Å²) in [6.07, 6.45) is 1.53. The lowest BCUT2D eigenvalue weighted by molar-refractivity contribution is -0.991. The van der Waals surface area contributed by atoms with Gasteiger partial charge in [-0.3, -0.25) is 4.79 Å². The molecular formula is C16H13NO5. The Hall–Kier alpha value is -2.67. The van der Waals surface area contributed by atoms with E-state index in [1.165, 1.54) is 25.3 Å². The lowest BCUT2D eigenvalue weighted by atomic mass is 10.1. The summed E-state index contributed by atoms with van der Waals surface area (Å²) < 4.78 is 10.6. The molecule has 1 aliphatic rings. The van der Waals surface area contributed by atoms with Crippen LogP contribution in [0, 0.1) is 5.21 Å². The van der Waals surface area contributed by atoms with Crippen molar-refractivity contribution in [3.63, 3.8) is 0 Å². The molecule has 0 aromatic heterocycles. The van der Waals surface area contributed by atoms with Gasteiger partial charge in [-0.1, -0.05) is 12.1 Å². The number of hydrogen-bond acceptors (Lipinski definition) is 5. The van der Waals surface area contributed by atoms with E-state index >= 15 is 0 Å². The molecule has 0 saturated carbocycles. The standard InChI is InChI=1S/C16H13NO5/c1-21-12-5-6-13-14(9-12)22-15(16(13)18)8-10-3-2-4-11(7-10)17(19)20/h2-9,17,19H,1H3. The van der Waals surface area contributed by atoms with Crippen LogP contribution < -0.4 is 14.7 Å². The van der Waals surface area contributed by atoms with E-state index < -0.39 is 5.23 Å². The van der Waals surface area contributed by atoms with Gasteiger partial charge in [-0.25, -0.2) is 5.21 Å². The fraction of sp³-hybridized carbons (Fsp3) is 0.0625. The monoisotopic (exact) mass is 299 g/mol. The average molecular weight is 299 g/mol. The number of rotatable bonds is 3. The summed E-state index contributed by atoms with van der Waals surface area (Å²) in [5.74, 6) is 0.954. The molecule has 0 saturated heterocycles. The van der Waals surface area contributed by atoms with E-state index in [9.17, 15) is 10.0 Å². The molecule has 0 spiro atoms. The second kappa shape index (κ2) is 5.61. The van der Waals surface area contributed by atoms with Crippen molar-refractivity contribution in [2.75, 3.05) is 7.11 Å². The Kier molecular flexibility index (Phi) is 3.64. The molecule has 0 bridgehead atoms. The van der Waals surface area contributed by atoms with Gasteiger partial charge in [0.2, 0.25) is 5.78 Å². The molecule has 1 heterocycles. The summed E-state index contributed by atoms with van der Waals surface area (Å²) in [7, 11) is 1.53. The summed E-state index contributed by atoms with van der Waals surface area (Å²) >= 11 is 0. The van der Waals surface area contributed by atoms with Crippen LogP contribution in [0.1, 0.15) is 15.9 Å². The van der Waals surface area contributed by atoms with Crippen LogP contribution in [0.15, 0.2) is 48.2 Å². The quantitative estimate of drug-likeness (QED) is 0.666. The third kappa shape index (κ3) is 2.58. The first kappa shape index (κ1) is 14.3. The smallest absolute Gasteiger partial charge is 0.231 e. The molecule has 0 amide bonds. The van der Waals surface area contributed by atoms with Crippen molar-refractivity contribution in [3.05, 3.63) is 64.6 Å². The zero-order valence-electron chi connectivity index (χ0n) is 11.7. The Labute approximate surface area is 126 Å². The molecule has 6 nitrogen and oxygen atoms in total. The normalized spacial score (nSPS) is 16.3. The van der Waals surface area contributed by atoms with E-state index in [2.05, 4.69) is 0 Å². The van der Waals surface area contributed by atoms with Crippen LogP contribution in [-0.2, 0) is 0 Å². The van der Waals surface area contributed by atoms with Gasteiger partial charge in [-0.05, 0) is 23.8 Å². The summed E-state index contributed by atoms with van der Waals surface area (Å²) in [5, 5.41) is 18.9. The van der Waals surface area contributed by atoms with Gasteiger partial charge in [-0.15, -0.1) is 0 Å². The second-order valence-corrected chi connectivity index (χ2v) is 4.73. The number of carbonyl (C=O) groups is 1. The Bertz CT molecular complexity index is 767. The number of carbonyl (C=O) groups excluding carboxylic acids is 1. The molecule has 2 N–H and O–H groups in total. The molecule has 2 aromatic rings. The first-order valence-corrected chi connectivity index (χ1v) is 6.54. The first-order valence-electron chi connectivity index (χ1n) is 6.54. The van der Waals surface area contributed by atoms with Crippen molar-refractivity contribution in [2.24, 2.45) is 0 Å². The molecule has 0 aliphatic carbocycles. The maximum absolute atomic E-state index is 12.3. The lowest BCUT2D eigenvalue weighted by Gasteiger charge is -2.11. The molecular weight excluding hydrogens is 286 g/mol. The van der Waals surface area contributed by atoms with E-state index in [1.807, 2.05) is 0 Å². The number of quaternary nitrogens is 1. The van der Waals surface area contributed by atoms with Crippen LogP contribution in [0.4, 0.5) is 5.69 Å². The topological polar surface area (TPSA) is 83.3 Å². The molecule has 22 heavy (non-hydrogen) atoms. The van der Waals surface area contributed by atoms with Crippen molar-refractivity contribution in [2.45, 2.75) is 0 Å². The van der Waals surface area contributed by atoms with E-state index in [-0.39, 0.29) is 17.2 Å². The van der Waals surface area contributed by atoms with Crippen LogP contribution in [0.5, 0.6) is 11.5 Å². The average Bonchev–Trinajstić information content (AvgIpc) is 2.83. The van der Waals surface area contributed by atoms with Crippen LogP contribution in [0.2, 0.25) is 0 Å². The number of ketones is 1. The highest BCUT2D eigenvalue weighted by atomic mass is 16.8. The van der Waals surface area contributed by atoms with Gasteiger partial charge >= 0.3 is 0 Å². The molecule has 1 unspecified atom stereocenters. The van der Waals surface area contributed by atoms with E-state index in [4.69, 9.17) is 14.7 Å². The summed E-state index contributed by atoms with van der Waals surface area (Å²) in [4.78, 5) is 12.3. The van der Waals surface area contributed by atoms with Gasteiger partial charge in [-0.2, -0.15) is 5.23 Å². The predicted molar refractivity (Wildman–Crippen MR) is 78.1 cm³/mol. The molecule has 0 radical (unpaired) electrons. The van der Waals surface area contributed by atoms with Gasteiger partial charge in [0.05, 0.1) is 12.7 Å². The maximum Gasteiger partial charge on any atom is 0.231 e. The van der Waals surface area contributed by atoms with E-state index in [0.717, 1.165) is 0 Å². The summed E-state index contributed by atoms with van der Waals surface area (Å²) in [6, 6.07) is 11.3. The molecule has 3 rings (SSSR count). The number of methoxy groups -OCH3 is 1. The molecule has 1 aliphatic heterocycles. The first-order chi connectivity index (χ1) is 10.6. The van der Waals surface area contributed by atoms with Crippen molar-refractivity contribution < 1.29 is 24.7 Å². The number of benzene rings is 2. The highest BCUT2D eigenvalue weighted by Gasteiger charge is 2.27. The third-order valence-corrected chi connectivity index (χ3v) is 3.31. The van der Waals surface area contributed by atoms with Crippen LogP contribution in [0.25, 0.3) is 6.08 Å². The fourth-order valence-corrected chi connectivity index (χ4v) is 2.21. The number of Topliss-reactive ketones (excluding diaryl/α,β-unsaturated/α-hetero) is 1. The van der Waals surface area contributed by atoms with E-state index in [1.54, 1.807) is 30.3 Å². The Morgan fingerprint density at radius 2 is 2.09 bits per heavy atom. The van der Waals surface area contributed by atoms with Crippen molar-refractivity contribution in [3.8, 4) is 11.5 Å². The van der Waals surface area contributed by atoms with Gasteiger partial charge in [0, 0.05) is 18.2 Å². The van der Waals surface area contributed by atoms with Crippen molar-refractivity contribution >= 4 is 17.5 Å². The minimum atomic E-state index is -1.02. The predicted octanol–water partition coefficient (Wildman–Crippen LogP) is 1.71. The van der Waals surface area contributed by atoms with Crippen LogP contribution in [-0.4, -0.2) is 18.1 Å². The second-order valence-electron chi connectivity index (χ2n) is 4.73. The van der Waals surface area contributed by atoms with Crippen molar-refractivity contribution in [1.82, 2.24) is 0 Å². The molecule has 112 valence electrons. The number of fused-ring (bicyclic) bond motifs is 1. The van der Waals surface area contributed by atoms with Gasteiger partial charge in [0.1, 0.15) is 11.5 Å². The zero-order chi connectivity index (χ0) is 15.7. The number of allylic oxidation sites excluding steroid dienone is 1. The third-order valence-electron chi connectivity index (χ3n) is 3.31. The van der Waals surface area contributed by atoms with Crippen LogP contribution >= 0.6 is 0 Å². The minimum absolute atomic E-state index is 0.152. The maximum atomic E-state index is 12.3. The van der Waals surface area contributed by atoms with E-state index in [0.29, 0.717) is 22.6 Å². The number of ether oxygens (including phenoxy) is 2. The van der Waals surface area contributed by atoms with Gasteiger partial charge in [0.15, 0.2) is 11.4 Å². The van der Waals surface area contributed by atoms with Crippen molar-refractivity contribution in [1.29, 1.82) is 0 Å². The Morgan fingerprint density at radius 1 is 1.27 bits per heavy atom. The van der Waals surface area contributed by atoms with Crippen LogP contribution in [0.3, 0.4) is 0 Å². The lowest BCUT2D eigenvalue weighted by Crippen LogP contribution is -2.99. The number of hydrogen-bond donors (Lipinski definition) is 2. The highest BCUT2D eigenvalue weighted by Crippen LogP contribution is 2.34. The molecule has 1 atom stereocenters. The fourth-order valence-electron chi connectivity index (χ4n) is 2.21. The summed E-state index contributed by atoms with van der Waals surface area (Å²) in [6.45, 7) is 0. The molecule has 6 heteroatoms. The molecule has 2 aromatic carbocycles. The van der Waals surface area contributed by atoms with Gasteiger partial charge in [0.25, 0.3) is 0 Å². The largest absolute Gasteiger partial charge is 0.595 e.